The van der Waals surface area contributed by atoms with E-state index in [-0.39, 0.29) is 5.91 Å². The van der Waals surface area contributed by atoms with Crippen molar-refractivity contribution in [1.82, 2.24) is 44.8 Å². The monoisotopic (exact) mass is 568 g/mol. The number of benzene rings is 1. The van der Waals surface area contributed by atoms with Crippen molar-refractivity contribution in [1.29, 1.82) is 0 Å². The van der Waals surface area contributed by atoms with Gasteiger partial charge in [-0.05, 0) is 31.3 Å². The third-order valence-electron chi connectivity index (χ3n) is 7.94. The van der Waals surface area contributed by atoms with Gasteiger partial charge in [-0.25, -0.2) is 9.97 Å². The molecule has 0 saturated carbocycles. The van der Waals surface area contributed by atoms with Crippen LogP contribution in [0, 0.1) is 0 Å². The zero-order valence-electron chi connectivity index (χ0n) is 23.2. The Kier molecular flexibility index (Phi) is 6.99. The third kappa shape index (κ3) is 5.07. The molecule has 0 radical (unpaired) electrons. The van der Waals surface area contributed by atoms with Crippen LogP contribution in [0.3, 0.4) is 0 Å². The first kappa shape index (κ1) is 26.5. The van der Waals surface area contributed by atoms with Gasteiger partial charge in [-0.2, -0.15) is 5.10 Å². The number of hydrogen-bond acceptors (Lipinski definition) is 10. The number of carbonyl (C=O) groups is 1. The fourth-order valence-electron chi connectivity index (χ4n) is 5.48. The molecule has 13 heteroatoms. The molecule has 216 valence electrons. The summed E-state index contributed by atoms with van der Waals surface area (Å²) in [6, 6.07) is 9.51. The van der Waals surface area contributed by atoms with Gasteiger partial charge in [-0.1, -0.05) is 6.07 Å². The smallest absolute Gasteiger partial charge is 0.256 e. The number of aliphatic hydroxyl groups is 1. The summed E-state index contributed by atoms with van der Waals surface area (Å²) in [4.78, 5) is 36.5. The standard InChI is InChI=1S/C29H32N10O3/c1-37-5-7-39(8-6-37)29(41)32-20-13-18(15-30-17-20)19-14-22-25(35-36-26(22)31-16-19)27-33-23-4-2-3-21(24(23)34-27)28(40)38-9-11-42-12-10-38/h2-4,13-17,29,32,41H,5-12H2,1H3,(H,33,34)(H,31,35,36). The summed E-state index contributed by atoms with van der Waals surface area (Å²) in [7, 11) is 2.08. The predicted molar refractivity (Wildman–Crippen MR) is 158 cm³/mol. The van der Waals surface area contributed by atoms with Gasteiger partial charge < -0.3 is 29.9 Å². The van der Waals surface area contributed by atoms with Crippen molar-refractivity contribution in [2.24, 2.45) is 0 Å². The average Bonchev–Trinajstić information content (AvgIpc) is 3.65. The molecule has 7 rings (SSSR count). The number of morpholine rings is 1. The Balaban J connectivity index is 1.17. The number of amides is 1. The highest BCUT2D eigenvalue weighted by Gasteiger charge is 2.23. The van der Waals surface area contributed by atoms with Gasteiger partial charge in [-0.15, -0.1) is 0 Å². The molecule has 42 heavy (non-hydrogen) atoms. The van der Waals surface area contributed by atoms with Crippen molar-refractivity contribution in [3.05, 3.63) is 54.5 Å². The Hall–Kier alpha value is -4.43. The molecule has 1 aromatic carbocycles. The summed E-state index contributed by atoms with van der Waals surface area (Å²) < 4.78 is 5.41. The van der Waals surface area contributed by atoms with E-state index < -0.39 is 6.35 Å². The number of aromatic amines is 2. The number of carbonyl (C=O) groups excluding carboxylic acids is 1. The van der Waals surface area contributed by atoms with E-state index in [0.29, 0.717) is 60.2 Å². The molecular formula is C29H32N10O3. The molecule has 4 N–H and O–H groups in total. The van der Waals surface area contributed by atoms with E-state index in [1.165, 1.54) is 0 Å². The fraction of sp³-hybridized carbons (Fsp3) is 0.345. The highest BCUT2D eigenvalue weighted by Crippen LogP contribution is 2.30. The lowest BCUT2D eigenvalue weighted by Gasteiger charge is -2.35. The molecule has 2 aliphatic heterocycles. The molecular weight excluding hydrogens is 536 g/mol. The number of pyridine rings is 2. The maximum Gasteiger partial charge on any atom is 0.256 e. The molecule has 0 bridgehead atoms. The molecule has 1 atom stereocenters. The van der Waals surface area contributed by atoms with E-state index in [4.69, 9.17) is 9.72 Å². The van der Waals surface area contributed by atoms with Crippen molar-refractivity contribution in [3.63, 3.8) is 0 Å². The van der Waals surface area contributed by atoms with Crippen LogP contribution in [0.25, 0.3) is 44.7 Å². The van der Waals surface area contributed by atoms with Crippen LogP contribution in [-0.4, -0.2) is 122 Å². The maximum absolute atomic E-state index is 13.3. The summed E-state index contributed by atoms with van der Waals surface area (Å²) >= 11 is 0. The van der Waals surface area contributed by atoms with Gasteiger partial charge in [0.1, 0.15) is 11.2 Å². The van der Waals surface area contributed by atoms with Crippen LogP contribution in [-0.2, 0) is 4.74 Å². The number of hydrogen-bond donors (Lipinski definition) is 4. The number of nitrogens with one attached hydrogen (secondary N) is 3. The first-order chi connectivity index (χ1) is 20.5. The van der Waals surface area contributed by atoms with E-state index in [2.05, 4.69) is 42.4 Å². The van der Waals surface area contributed by atoms with Crippen molar-refractivity contribution >= 4 is 33.7 Å². The van der Waals surface area contributed by atoms with Gasteiger partial charge in [-0.3, -0.25) is 19.8 Å². The van der Waals surface area contributed by atoms with Crippen molar-refractivity contribution in [2.45, 2.75) is 6.35 Å². The summed E-state index contributed by atoms with van der Waals surface area (Å²) in [6.45, 7) is 5.58. The number of rotatable bonds is 6. The van der Waals surface area contributed by atoms with Crippen LogP contribution in [0.4, 0.5) is 5.69 Å². The van der Waals surface area contributed by atoms with Gasteiger partial charge in [0.15, 0.2) is 17.8 Å². The average molecular weight is 569 g/mol. The van der Waals surface area contributed by atoms with E-state index in [9.17, 15) is 9.90 Å². The first-order valence-electron chi connectivity index (χ1n) is 14.1. The third-order valence-corrected chi connectivity index (χ3v) is 7.94. The van der Waals surface area contributed by atoms with Gasteiger partial charge >= 0.3 is 0 Å². The lowest BCUT2D eigenvalue weighted by molar-refractivity contribution is -0.00193. The van der Waals surface area contributed by atoms with Gasteiger partial charge in [0.2, 0.25) is 0 Å². The zero-order chi connectivity index (χ0) is 28.6. The first-order valence-corrected chi connectivity index (χ1v) is 14.1. The number of imidazole rings is 1. The number of nitrogens with zero attached hydrogens (tertiary/aromatic N) is 7. The minimum atomic E-state index is -0.801. The summed E-state index contributed by atoms with van der Waals surface area (Å²) in [5.74, 6) is 0.511. The molecule has 1 amide bonds. The molecule has 5 aromatic rings. The summed E-state index contributed by atoms with van der Waals surface area (Å²) in [5, 5.41) is 22.2. The van der Waals surface area contributed by atoms with Crippen molar-refractivity contribution in [2.75, 3.05) is 64.8 Å². The number of piperazine rings is 1. The topological polar surface area (TPSA) is 151 Å². The quantitative estimate of drug-likeness (QED) is 0.224. The SMILES string of the molecule is CN1CCN(C(O)Nc2cncc(-c3cnc4n[nH]c(-c5nc6c(C(=O)N7CCOCC7)cccc6[nH]5)c4c3)c2)CC1. The number of ether oxygens (including phenoxy) is 1. The Morgan fingerprint density at radius 1 is 1.05 bits per heavy atom. The Morgan fingerprint density at radius 2 is 1.86 bits per heavy atom. The van der Waals surface area contributed by atoms with E-state index in [1.807, 2.05) is 35.2 Å². The Labute approximate surface area is 241 Å². The molecule has 13 nitrogen and oxygen atoms in total. The summed E-state index contributed by atoms with van der Waals surface area (Å²) in [6.07, 6.45) is 4.41. The number of para-hydroxylation sites is 1. The maximum atomic E-state index is 13.3. The van der Waals surface area contributed by atoms with Gasteiger partial charge in [0.05, 0.1) is 41.6 Å². The number of aliphatic hydroxyl groups excluding tert-OH is 1. The predicted octanol–water partition coefficient (Wildman–Crippen LogP) is 1.97. The van der Waals surface area contributed by atoms with Crippen LogP contribution < -0.4 is 5.32 Å². The highest BCUT2D eigenvalue weighted by molar-refractivity contribution is 6.06. The van der Waals surface area contributed by atoms with Crippen LogP contribution in [0.1, 0.15) is 10.4 Å². The van der Waals surface area contributed by atoms with Crippen LogP contribution in [0.15, 0.2) is 48.9 Å². The number of anilines is 1. The fourth-order valence-corrected chi connectivity index (χ4v) is 5.48. The van der Waals surface area contributed by atoms with Crippen LogP contribution in [0.5, 0.6) is 0 Å². The molecule has 2 aliphatic rings. The Bertz CT molecular complexity index is 1740. The molecule has 6 heterocycles. The van der Waals surface area contributed by atoms with Gasteiger partial charge in [0.25, 0.3) is 5.91 Å². The van der Waals surface area contributed by atoms with Crippen molar-refractivity contribution < 1.29 is 14.6 Å². The van der Waals surface area contributed by atoms with Gasteiger partial charge in [0, 0.05) is 62.8 Å². The Morgan fingerprint density at radius 3 is 2.69 bits per heavy atom. The summed E-state index contributed by atoms with van der Waals surface area (Å²) in [5.41, 5.74) is 5.54. The molecule has 0 aliphatic carbocycles. The molecule has 2 fully saturated rings. The minimum absolute atomic E-state index is 0.0564. The number of fused-ring (bicyclic) bond motifs is 2. The number of H-pyrrole nitrogens is 2. The number of likely N-dealkylation sites (N-methyl/N-ethyl adjacent to an activating group) is 1. The molecule has 2 saturated heterocycles. The van der Waals surface area contributed by atoms with E-state index >= 15 is 0 Å². The van der Waals surface area contributed by atoms with Crippen LogP contribution >= 0.6 is 0 Å². The van der Waals surface area contributed by atoms with Crippen molar-refractivity contribution in [3.8, 4) is 22.6 Å². The second-order valence-electron chi connectivity index (χ2n) is 10.7. The second-order valence-corrected chi connectivity index (χ2v) is 10.7. The lowest BCUT2D eigenvalue weighted by Crippen LogP contribution is -2.51. The highest BCUT2D eigenvalue weighted by atomic mass is 16.5. The normalized spacial score (nSPS) is 17.6. The van der Waals surface area contributed by atoms with Crippen LogP contribution in [0.2, 0.25) is 0 Å². The molecule has 4 aromatic heterocycles. The van der Waals surface area contributed by atoms with E-state index in [1.54, 1.807) is 23.5 Å². The number of aromatic nitrogens is 6. The molecule has 0 spiro atoms. The zero-order valence-corrected chi connectivity index (χ0v) is 23.2. The minimum Gasteiger partial charge on any atom is -0.378 e. The lowest BCUT2D eigenvalue weighted by atomic mass is 10.1. The molecule has 1 unspecified atom stereocenters. The largest absolute Gasteiger partial charge is 0.378 e. The second kappa shape index (κ2) is 11.1. The van der Waals surface area contributed by atoms with E-state index in [0.717, 1.165) is 48.2 Å².